The maximum absolute atomic E-state index is 13.2. The second kappa shape index (κ2) is 7.99. The molecule has 1 spiro atoms. The molecule has 6 heteroatoms. The van der Waals surface area contributed by atoms with Crippen molar-refractivity contribution in [1.82, 2.24) is 10.2 Å². The molecule has 1 N–H and O–H groups in total. The van der Waals surface area contributed by atoms with E-state index in [0.29, 0.717) is 6.42 Å². The van der Waals surface area contributed by atoms with E-state index in [9.17, 15) is 14.4 Å². The summed E-state index contributed by atoms with van der Waals surface area (Å²) in [4.78, 5) is 39.1. The maximum atomic E-state index is 13.2. The van der Waals surface area contributed by atoms with Crippen molar-refractivity contribution in [1.29, 1.82) is 0 Å². The summed E-state index contributed by atoms with van der Waals surface area (Å²) in [6.45, 7) is 0.274. The Labute approximate surface area is 153 Å². The van der Waals surface area contributed by atoms with Gasteiger partial charge in [0.25, 0.3) is 0 Å². The van der Waals surface area contributed by atoms with Gasteiger partial charge in [0.05, 0.1) is 25.2 Å². The highest BCUT2D eigenvalue weighted by Gasteiger charge is 2.50. The van der Waals surface area contributed by atoms with Gasteiger partial charge in [-0.1, -0.05) is 49.6 Å². The summed E-state index contributed by atoms with van der Waals surface area (Å²) >= 11 is 0. The molecule has 140 valence electrons. The number of imide groups is 1. The molecule has 3 rings (SSSR count). The van der Waals surface area contributed by atoms with E-state index >= 15 is 0 Å². The number of carbonyl (C=O) groups excluding carboxylic acids is 3. The van der Waals surface area contributed by atoms with E-state index in [1.807, 2.05) is 30.3 Å². The summed E-state index contributed by atoms with van der Waals surface area (Å²) in [5.41, 5.74) is 0.246. The lowest BCUT2D eigenvalue weighted by Crippen LogP contribution is -2.70. The molecule has 0 bridgehead atoms. The monoisotopic (exact) mass is 358 g/mol. The number of piperazine rings is 1. The third-order valence-electron chi connectivity index (χ3n) is 5.42. The lowest BCUT2D eigenvalue weighted by molar-refractivity contribution is -0.159. The first-order valence-corrected chi connectivity index (χ1v) is 9.30. The van der Waals surface area contributed by atoms with Gasteiger partial charge in [0.15, 0.2) is 0 Å². The Kier molecular flexibility index (Phi) is 5.71. The smallest absolute Gasteiger partial charge is 0.305 e. The van der Waals surface area contributed by atoms with Gasteiger partial charge in [-0.25, -0.2) is 0 Å². The van der Waals surface area contributed by atoms with E-state index in [0.717, 1.165) is 37.7 Å². The second-order valence-electron chi connectivity index (χ2n) is 7.17. The largest absolute Gasteiger partial charge is 0.469 e. The zero-order chi connectivity index (χ0) is 18.6. The standard InChI is InChI=1S/C20H26N2O4/c1-26-17(23)11-10-16-18(24)22(14-15-8-4-2-5-9-15)19(25)20(21-16)12-6-3-7-13-20/h2,4-5,8-9,16,21H,3,6-7,10-14H2,1H3/t16-/m0/s1. The van der Waals surface area contributed by atoms with E-state index < -0.39 is 11.6 Å². The van der Waals surface area contributed by atoms with Crippen LogP contribution in [-0.4, -0.2) is 41.4 Å². The zero-order valence-electron chi connectivity index (χ0n) is 15.2. The molecule has 2 amide bonds. The number of esters is 1. The van der Waals surface area contributed by atoms with Crippen LogP contribution in [0.15, 0.2) is 30.3 Å². The van der Waals surface area contributed by atoms with Crippen molar-refractivity contribution >= 4 is 17.8 Å². The number of hydrogen-bond acceptors (Lipinski definition) is 5. The molecule has 1 aromatic rings. The quantitative estimate of drug-likeness (QED) is 0.645. The molecule has 0 radical (unpaired) electrons. The normalized spacial score (nSPS) is 22.5. The Morgan fingerprint density at radius 3 is 2.54 bits per heavy atom. The lowest BCUT2D eigenvalue weighted by Gasteiger charge is -2.47. The first-order chi connectivity index (χ1) is 12.6. The molecular formula is C20H26N2O4. The summed E-state index contributed by atoms with van der Waals surface area (Å²) in [6, 6.07) is 9.01. The number of carbonyl (C=O) groups is 3. The van der Waals surface area contributed by atoms with Crippen molar-refractivity contribution in [2.45, 2.75) is 63.1 Å². The molecule has 6 nitrogen and oxygen atoms in total. The number of amides is 2. The van der Waals surface area contributed by atoms with Crippen LogP contribution in [-0.2, 0) is 25.7 Å². The highest BCUT2D eigenvalue weighted by atomic mass is 16.5. The Balaban J connectivity index is 1.83. The summed E-state index contributed by atoms with van der Waals surface area (Å²) in [6.07, 6.45) is 5.01. The van der Waals surface area contributed by atoms with Gasteiger partial charge in [-0.15, -0.1) is 0 Å². The van der Waals surface area contributed by atoms with Crippen LogP contribution in [0.2, 0.25) is 0 Å². The van der Waals surface area contributed by atoms with Crippen molar-refractivity contribution in [2.75, 3.05) is 7.11 Å². The van der Waals surface area contributed by atoms with Gasteiger partial charge in [-0.3, -0.25) is 24.6 Å². The summed E-state index contributed by atoms with van der Waals surface area (Å²) in [5, 5.41) is 3.32. The van der Waals surface area contributed by atoms with Gasteiger partial charge >= 0.3 is 5.97 Å². The molecule has 26 heavy (non-hydrogen) atoms. The van der Waals surface area contributed by atoms with Crippen LogP contribution in [0.3, 0.4) is 0 Å². The third kappa shape index (κ3) is 3.80. The third-order valence-corrected chi connectivity index (χ3v) is 5.42. The van der Waals surface area contributed by atoms with Crippen molar-refractivity contribution in [2.24, 2.45) is 0 Å². The van der Waals surface area contributed by atoms with Crippen LogP contribution in [0.4, 0.5) is 0 Å². The predicted molar refractivity (Wildman–Crippen MR) is 96.0 cm³/mol. The highest BCUT2D eigenvalue weighted by molar-refractivity contribution is 6.05. The lowest BCUT2D eigenvalue weighted by atomic mass is 9.78. The van der Waals surface area contributed by atoms with Crippen molar-refractivity contribution < 1.29 is 19.1 Å². The molecule has 1 aliphatic carbocycles. The number of benzene rings is 1. The fraction of sp³-hybridized carbons (Fsp3) is 0.550. The van der Waals surface area contributed by atoms with Crippen molar-refractivity contribution in [3.05, 3.63) is 35.9 Å². The molecule has 2 fully saturated rings. The van der Waals surface area contributed by atoms with Crippen LogP contribution in [0.25, 0.3) is 0 Å². The minimum absolute atomic E-state index is 0.125. The molecule has 0 aromatic heterocycles. The van der Waals surface area contributed by atoms with Gasteiger partial charge in [0.1, 0.15) is 0 Å². The maximum Gasteiger partial charge on any atom is 0.305 e. The van der Waals surface area contributed by atoms with Gasteiger partial charge < -0.3 is 4.74 Å². The Bertz CT molecular complexity index is 668. The van der Waals surface area contributed by atoms with E-state index in [2.05, 4.69) is 5.32 Å². The van der Waals surface area contributed by atoms with E-state index in [1.54, 1.807) is 0 Å². The van der Waals surface area contributed by atoms with Gasteiger partial charge in [-0.05, 0) is 24.8 Å². The van der Waals surface area contributed by atoms with Gasteiger partial charge in [0.2, 0.25) is 11.8 Å². The van der Waals surface area contributed by atoms with Crippen LogP contribution >= 0.6 is 0 Å². The first kappa shape index (κ1) is 18.6. The second-order valence-corrected chi connectivity index (χ2v) is 7.17. The summed E-state index contributed by atoms with van der Waals surface area (Å²) in [7, 11) is 1.34. The summed E-state index contributed by atoms with van der Waals surface area (Å²) < 4.78 is 4.70. The van der Waals surface area contributed by atoms with E-state index in [4.69, 9.17) is 4.74 Å². The number of nitrogens with one attached hydrogen (secondary N) is 1. The topological polar surface area (TPSA) is 75.7 Å². The Morgan fingerprint density at radius 2 is 1.88 bits per heavy atom. The molecule has 0 unspecified atom stereocenters. The summed E-state index contributed by atoms with van der Waals surface area (Å²) in [5.74, 6) is -0.719. The van der Waals surface area contributed by atoms with Crippen LogP contribution in [0.1, 0.15) is 50.5 Å². The van der Waals surface area contributed by atoms with Gasteiger partial charge in [0, 0.05) is 6.42 Å². The average molecular weight is 358 g/mol. The number of hydrogen-bond donors (Lipinski definition) is 1. The molecule has 1 saturated carbocycles. The molecule has 1 heterocycles. The molecule has 1 atom stereocenters. The fourth-order valence-corrected chi connectivity index (χ4v) is 3.99. The number of ether oxygens (including phenoxy) is 1. The van der Waals surface area contributed by atoms with Crippen molar-refractivity contribution in [3.63, 3.8) is 0 Å². The number of methoxy groups -OCH3 is 1. The fourth-order valence-electron chi connectivity index (χ4n) is 3.99. The SMILES string of the molecule is COC(=O)CC[C@@H]1NC2(CCCCC2)C(=O)N(Cc2ccccc2)C1=O. The minimum Gasteiger partial charge on any atom is -0.469 e. The predicted octanol–water partition coefficient (Wildman–Crippen LogP) is 2.17. The minimum atomic E-state index is -0.679. The van der Waals surface area contributed by atoms with Crippen LogP contribution < -0.4 is 5.32 Å². The molecular weight excluding hydrogens is 332 g/mol. The first-order valence-electron chi connectivity index (χ1n) is 9.30. The van der Waals surface area contributed by atoms with Crippen molar-refractivity contribution in [3.8, 4) is 0 Å². The Hall–Kier alpha value is -2.21. The number of nitrogens with zero attached hydrogens (tertiary/aromatic N) is 1. The molecule has 1 aliphatic heterocycles. The van der Waals surface area contributed by atoms with Crippen LogP contribution in [0.5, 0.6) is 0 Å². The zero-order valence-corrected chi connectivity index (χ0v) is 15.2. The molecule has 1 aromatic carbocycles. The van der Waals surface area contributed by atoms with E-state index in [1.165, 1.54) is 12.0 Å². The Morgan fingerprint density at radius 1 is 1.19 bits per heavy atom. The van der Waals surface area contributed by atoms with E-state index in [-0.39, 0.29) is 30.7 Å². The average Bonchev–Trinajstić information content (AvgIpc) is 2.68. The van der Waals surface area contributed by atoms with Gasteiger partial charge in [-0.2, -0.15) is 0 Å². The van der Waals surface area contributed by atoms with Crippen LogP contribution in [0, 0.1) is 0 Å². The highest BCUT2D eigenvalue weighted by Crippen LogP contribution is 2.34. The molecule has 1 saturated heterocycles. The number of rotatable bonds is 5. The molecule has 2 aliphatic rings.